The molecule has 1 fully saturated rings. The van der Waals surface area contributed by atoms with Gasteiger partial charge in [0.1, 0.15) is 6.04 Å². The van der Waals surface area contributed by atoms with Crippen molar-refractivity contribution in [1.82, 2.24) is 9.62 Å². The lowest BCUT2D eigenvalue weighted by Gasteiger charge is -2.28. The summed E-state index contributed by atoms with van der Waals surface area (Å²) in [6.45, 7) is 0.539. The number of amides is 2. The second-order valence-electron chi connectivity index (χ2n) is 6.99. The first-order valence-corrected chi connectivity index (χ1v) is 10.3. The number of nitrogens with one attached hydrogen (secondary N) is 1. The summed E-state index contributed by atoms with van der Waals surface area (Å²) in [7, 11) is 0. The van der Waals surface area contributed by atoms with E-state index >= 15 is 0 Å². The maximum absolute atomic E-state index is 11.8. The standard InChI is InChI=1S/C19H25ClN4O2S/c20-14-5-1-12(2-6-14)13-3-7-16(8-4-13)27-24-11-15(23-18(25)10-21)9-17(24)19(22)26/h1-3,5-7,13,15-17H,4,8-11,21H2,(H2,22,26)(H,23,25). The molecule has 0 bridgehead atoms. The molecule has 1 heterocycles. The molecule has 2 amide bonds. The lowest BCUT2D eigenvalue weighted by molar-refractivity contribution is -0.122. The second kappa shape index (κ2) is 9.10. The number of nitrogens with zero attached hydrogens (tertiary/aromatic N) is 1. The highest BCUT2D eigenvalue weighted by atomic mass is 35.5. The van der Waals surface area contributed by atoms with E-state index < -0.39 is 0 Å². The van der Waals surface area contributed by atoms with Crippen molar-refractivity contribution in [2.24, 2.45) is 11.5 Å². The summed E-state index contributed by atoms with van der Waals surface area (Å²) in [6.07, 6.45) is 7.01. The van der Waals surface area contributed by atoms with E-state index in [2.05, 4.69) is 29.6 Å². The van der Waals surface area contributed by atoms with Gasteiger partial charge in [0.15, 0.2) is 0 Å². The zero-order valence-electron chi connectivity index (χ0n) is 15.0. The highest BCUT2D eigenvalue weighted by Gasteiger charge is 2.38. The molecular formula is C19H25ClN4O2S. The normalized spacial score (nSPS) is 28.2. The van der Waals surface area contributed by atoms with Gasteiger partial charge in [-0.1, -0.05) is 47.8 Å². The number of carbonyl (C=O) groups excluding carboxylic acids is 2. The van der Waals surface area contributed by atoms with Crippen LogP contribution < -0.4 is 16.8 Å². The summed E-state index contributed by atoms with van der Waals surface area (Å²) >= 11 is 7.61. The molecule has 1 saturated heterocycles. The molecule has 0 radical (unpaired) electrons. The second-order valence-corrected chi connectivity index (χ2v) is 8.71. The maximum atomic E-state index is 11.8. The van der Waals surface area contributed by atoms with E-state index in [0.29, 0.717) is 24.1 Å². The van der Waals surface area contributed by atoms with Gasteiger partial charge in [0.2, 0.25) is 11.8 Å². The zero-order chi connectivity index (χ0) is 19.4. The van der Waals surface area contributed by atoms with E-state index in [1.165, 1.54) is 5.56 Å². The van der Waals surface area contributed by atoms with E-state index in [1.807, 2.05) is 16.4 Å². The minimum Gasteiger partial charge on any atom is -0.368 e. The van der Waals surface area contributed by atoms with Gasteiger partial charge in [-0.2, -0.15) is 0 Å². The molecule has 3 rings (SSSR count). The summed E-state index contributed by atoms with van der Waals surface area (Å²) < 4.78 is 2.02. The van der Waals surface area contributed by atoms with Gasteiger partial charge >= 0.3 is 0 Å². The first-order valence-electron chi connectivity index (χ1n) is 9.12. The topological polar surface area (TPSA) is 101 Å². The van der Waals surface area contributed by atoms with E-state index in [1.54, 1.807) is 11.9 Å². The molecule has 1 aliphatic carbocycles. The number of carbonyl (C=O) groups is 2. The summed E-state index contributed by atoms with van der Waals surface area (Å²) in [4.78, 5) is 23.4. The Kier molecular flexibility index (Phi) is 6.81. The Bertz CT molecular complexity index is 712. The SMILES string of the molecule is NCC(=O)NC1CC(C(N)=O)N(SC2C=CC(c3ccc(Cl)cc3)CC2)C1. The van der Waals surface area contributed by atoms with Crippen molar-refractivity contribution in [3.05, 3.63) is 47.0 Å². The monoisotopic (exact) mass is 408 g/mol. The van der Waals surface area contributed by atoms with Crippen molar-refractivity contribution >= 4 is 35.4 Å². The molecule has 4 unspecified atom stereocenters. The van der Waals surface area contributed by atoms with Gasteiger partial charge in [-0.15, -0.1) is 0 Å². The molecule has 0 spiro atoms. The Morgan fingerprint density at radius 2 is 1.96 bits per heavy atom. The Balaban J connectivity index is 1.59. The van der Waals surface area contributed by atoms with Crippen LogP contribution in [0.4, 0.5) is 0 Å². The summed E-state index contributed by atoms with van der Waals surface area (Å²) in [6, 6.07) is 7.51. The van der Waals surface area contributed by atoms with Crippen LogP contribution >= 0.6 is 23.5 Å². The number of rotatable bonds is 6. The maximum Gasteiger partial charge on any atom is 0.235 e. The van der Waals surface area contributed by atoms with Crippen LogP contribution in [0.1, 0.15) is 30.7 Å². The predicted molar refractivity (Wildman–Crippen MR) is 109 cm³/mol. The third-order valence-electron chi connectivity index (χ3n) is 5.02. The van der Waals surface area contributed by atoms with Gasteiger partial charge in [-0.25, -0.2) is 4.31 Å². The molecule has 8 heteroatoms. The quantitative estimate of drug-likeness (QED) is 0.492. The van der Waals surface area contributed by atoms with Crippen LogP contribution in [0.25, 0.3) is 0 Å². The van der Waals surface area contributed by atoms with Crippen molar-refractivity contribution < 1.29 is 9.59 Å². The average molecular weight is 409 g/mol. The number of benzene rings is 1. The van der Waals surface area contributed by atoms with E-state index in [-0.39, 0.29) is 30.4 Å². The molecule has 6 nitrogen and oxygen atoms in total. The fourth-order valence-electron chi connectivity index (χ4n) is 3.62. The van der Waals surface area contributed by atoms with Gasteiger partial charge in [-0.05, 0) is 37.0 Å². The Morgan fingerprint density at radius 1 is 1.22 bits per heavy atom. The zero-order valence-corrected chi connectivity index (χ0v) is 16.6. The fourth-order valence-corrected chi connectivity index (χ4v) is 5.09. The molecule has 5 N–H and O–H groups in total. The van der Waals surface area contributed by atoms with Gasteiger partial charge in [0.05, 0.1) is 6.54 Å². The third kappa shape index (κ3) is 5.25. The Morgan fingerprint density at radius 3 is 2.56 bits per heavy atom. The van der Waals surface area contributed by atoms with Crippen molar-refractivity contribution in [2.75, 3.05) is 13.1 Å². The molecule has 2 aliphatic rings. The molecule has 27 heavy (non-hydrogen) atoms. The van der Waals surface area contributed by atoms with Gasteiger partial charge in [0, 0.05) is 28.8 Å². The molecule has 1 aliphatic heterocycles. The molecule has 146 valence electrons. The van der Waals surface area contributed by atoms with Gasteiger partial charge in [-0.3, -0.25) is 9.59 Å². The molecule has 4 atom stereocenters. The van der Waals surface area contributed by atoms with Gasteiger partial charge < -0.3 is 16.8 Å². The fraction of sp³-hybridized carbons (Fsp3) is 0.474. The van der Waals surface area contributed by atoms with Crippen LogP contribution in [-0.2, 0) is 9.59 Å². The summed E-state index contributed by atoms with van der Waals surface area (Å²) in [5.41, 5.74) is 12.2. The number of allylic oxidation sites excluding steroid dienone is 1. The van der Waals surface area contributed by atoms with Crippen LogP contribution in [0, 0.1) is 0 Å². The number of nitrogens with two attached hydrogens (primary N) is 2. The molecule has 1 aromatic rings. The average Bonchev–Trinajstić information content (AvgIpc) is 3.05. The number of halogens is 1. The first kappa shape index (κ1) is 20.2. The Labute approximate surface area is 168 Å². The summed E-state index contributed by atoms with van der Waals surface area (Å²) in [5, 5.41) is 3.89. The highest BCUT2D eigenvalue weighted by Crippen LogP contribution is 2.36. The summed E-state index contributed by atoms with van der Waals surface area (Å²) in [5.74, 6) is -0.175. The molecular weight excluding hydrogens is 384 g/mol. The van der Waals surface area contributed by atoms with Crippen molar-refractivity contribution in [1.29, 1.82) is 0 Å². The van der Waals surface area contributed by atoms with Crippen LogP contribution in [0.15, 0.2) is 36.4 Å². The molecule has 0 saturated carbocycles. The van der Waals surface area contributed by atoms with Crippen molar-refractivity contribution in [2.45, 2.75) is 42.5 Å². The minimum absolute atomic E-state index is 0.0532. The van der Waals surface area contributed by atoms with Crippen LogP contribution in [-0.4, -0.2) is 46.5 Å². The van der Waals surface area contributed by atoms with E-state index in [9.17, 15) is 9.59 Å². The number of hydrogen-bond donors (Lipinski definition) is 3. The minimum atomic E-state index is -0.375. The predicted octanol–water partition coefficient (Wildman–Crippen LogP) is 1.79. The first-order chi connectivity index (χ1) is 13.0. The number of primary amides is 1. The lowest BCUT2D eigenvalue weighted by Crippen LogP contribution is -2.39. The van der Waals surface area contributed by atoms with Crippen LogP contribution in [0.3, 0.4) is 0 Å². The molecule has 1 aromatic carbocycles. The Hall–Kier alpha value is -1.54. The molecule has 0 aromatic heterocycles. The van der Waals surface area contributed by atoms with Crippen LogP contribution in [0.2, 0.25) is 5.02 Å². The van der Waals surface area contributed by atoms with E-state index in [4.69, 9.17) is 23.1 Å². The van der Waals surface area contributed by atoms with Crippen molar-refractivity contribution in [3.63, 3.8) is 0 Å². The van der Waals surface area contributed by atoms with E-state index in [0.717, 1.165) is 17.9 Å². The van der Waals surface area contributed by atoms with Crippen molar-refractivity contribution in [3.8, 4) is 0 Å². The third-order valence-corrected chi connectivity index (χ3v) is 6.61. The number of hydrogen-bond acceptors (Lipinski definition) is 5. The highest BCUT2D eigenvalue weighted by molar-refractivity contribution is 7.97. The largest absolute Gasteiger partial charge is 0.368 e. The van der Waals surface area contributed by atoms with Gasteiger partial charge in [0.25, 0.3) is 0 Å². The lowest BCUT2D eigenvalue weighted by atomic mass is 9.89. The van der Waals surface area contributed by atoms with Crippen LogP contribution in [0.5, 0.6) is 0 Å². The smallest absolute Gasteiger partial charge is 0.235 e.